The van der Waals surface area contributed by atoms with Crippen molar-refractivity contribution in [1.82, 2.24) is 0 Å². The highest BCUT2D eigenvalue weighted by Crippen LogP contribution is 2.45. The largest absolute Gasteiger partial charge is 0.325 e. The number of nitrogens with two attached hydrogens (primary N) is 1. The minimum atomic E-state index is -0.167. The molecule has 0 aromatic heterocycles. The van der Waals surface area contributed by atoms with Crippen LogP contribution in [0, 0.1) is 11.7 Å². The molecular weight excluding hydrogens is 177 g/mol. The molecule has 1 aliphatic carbocycles. The predicted molar refractivity (Wildman–Crippen MR) is 55.4 cm³/mol. The SMILES string of the molecule is CCC1CC1(N)Cc1cccc(F)c1. The summed E-state index contributed by atoms with van der Waals surface area (Å²) in [4.78, 5) is 0. The van der Waals surface area contributed by atoms with Crippen molar-refractivity contribution in [3.05, 3.63) is 35.6 Å². The van der Waals surface area contributed by atoms with Gasteiger partial charge in [0.25, 0.3) is 0 Å². The van der Waals surface area contributed by atoms with Crippen molar-refractivity contribution in [2.75, 3.05) is 0 Å². The second-order valence-corrected chi connectivity index (χ2v) is 4.35. The summed E-state index contributed by atoms with van der Waals surface area (Å²) in [5.41, 5.74) is 7.13. The van der Waals surface area contributed by atoms with Crippen molar-refractivity contribution in [1.29, 1.82) is 0 Å². The maximum Gasteiger partial charge on any atom is 0.123 e. The highest BCUT2D eigenvalue weighted by atomic mass is 19.1. The lowest BCUT2D eigenvalue weighted by molar-refractivity contribution is 0.573. The van der Waals surface area contributed by atoms with E-state index in [9.17, 15) is 4.39 Å². The second kappa shape index (κ2) is 3.35. The van der Waals surface area contributed by atoms with Crippen LogP contribution in [0.25, 0.3) is 0 Å². The predicted octanol–water partition coefficient (Wildman–Crippen LogP) is 2.50. The molecule has 1 fully saturated rings. The van der Waals surface area contributed by atoms with Gasteiger partial charge in [-0.1, -0.05) is 25.5 Å². The molecule has 2 heteroatoms. The molecule has 2 unspecified atom stereocenters. The van der Waals surface area contributed by atoms with Gasteiger partial charge < -0.3 is 5.73 Å². The molecule has 0 radical (unpaired) electrons. The molecule has 1 aromatic rings. The summed E-state index contributed by atoms with van der Waals surface area (Å²) >= 11 is 0. The molecule has 76 valence electrons. The molecule has 0 aliphatic heterocycles. The fraction of sp³-hybridized carbons (Fsp3) is 0.500. The Kier molecular flexibility index (Phi) is 2.31. The monoisotopic (exact) mass is 193 g/mol. The Morgan fingerprint density at radius 2 is 2.36 bits per heavy atom. The summed E-state index contributed by atoms with van der Waals surface area (Å²) < 4.78 is 12.9. The molecule has 2 N–H and O–H groups in total. The Morgan fingerprint density at radius 1 is 1.57 bits per heavy atom. The van der Waals surface area contributed by atoms with Crippen LogP contribution >= 0.6 is 0 Å². The highest BCUT2D eigenvalue weighted by Gasteiger charge is 2.48. The van der Waals surface area contributed by atoms with Crippen molar-refractivity contribution in [2.45, 2.75) is 31.7 Å². The normalized spacial score (nSPS) is 30.4. The van der Waals surface area contributed by atoms with Crippen LogP contribution in [-0.4, -0.2) is 5.54 Å². The zero-order chi connectivity index (χ0) is 10.2. The van der Waals surface area contributed by atoms with Crippen LogP contribution in [-0.2, 0) is 6.42 Å². The first-order valence-electron chi connectivity index (χ1n) is 5.17. The molecule has 0 bridgehead atoms. The summed E-state index contributed by atoms with van der Waals surface area (Å²) in [7, 11) is 0. The van der Waals surface area contributed by atoms with Gasteiger partial charge in [0.2, 0.25) is 0 Å². The molecule has 14 heavy (non-hydrogen) atoms. The van der Waals surface area contributed by atoms with E-state index >= 15 is 0 Å². The Hall–Kier alpha value is -0.890. The van der Waals surface area contributed by atoms with Gasteiger partial charge in [0, 0.05) is 5.54 Å². The van der Waals surface area contributed by atoms with E-state index in [0.717, 1.165) is 24.8 Å². The van der Waals surface area contributed by atoms with Gasteiger partial charge in [0.15, 0.2) is 0 Å². The topological polar surface area (TPSA) is 26.0 Å². The average Bonchev–Trinajstić information content (AvgIpc) is 2.76. The van der Waals surface area contributed by atoms with Gasteiger partial charge in [-0.25, -0.2) is 4.39 Å². The Labute approximate surface area is 84.1 Å². The minimum absolute atomic E-state index is 0.0530. The molecule has 1 aliphatic rings. The fourth-order valence-corrected chi connectivity index (χ4v) is 2.19. The Balaban J connectivity index is 2.05. The van der Waals surface area contributed by atoms with Crippen LogP contribution in [0.5, 0.6) is 0 Å². The zero-order valence-corrected chi connectivity index (χ0v) is 8.46. The summed E-state index contributed by atoms with van der Waals surface area (Å²) in [6.45, 7) is 2.16. The Morgan fingerprint density at radius 3 is 2.93 bits per heavy atom. The zero-order valence-electron chi connectivity index (χ0n) is 8.46. The minimum Gasteiger partial charge on any atom is -0.325 e. The quantitative estimate of drug-likeness (QED) is 0.784. The second-order valence-electron chi connectivity index (χ2n) is 4.35. The van der Waals surface area contributed by atoms with E-state index < -0.39 is 0 Å². The maximum absolute atomic E-state index is 12.9. The number of hydrogen-bond acceptors (Lipinski definition) is 1. The van der Waals surface area contributed by atoms with E-state index in [1.807, 2.05) is 6.07 Å². The first-order chi connectivity index (χ1) is 6.64. The van der Waals surface area contributed by atoms with Gasteiger partial charge in [0.1, 0.15) is 5.82 Å². The summed E-state index contributed by atoms with van der Waals surface area (Å²) in [5.74, 6) is 0.463. The number of rotatable bonds is 3. The van der Waals surface area contributed by atoms with Crippen molar-refractivity contribution in [3.63, 3.8) is 0 Å². The third-order valence-electron chi connectivity index (χ3n) is 3.19. The summed E-state index contributed by atoms with van der Waals surface area (Å²) in [5, 5.41) is 0. The third-order valence-corrected chi connectivity index (χ3v) is 3.19. The Bertz CT molecular complexity index is 337. The lowest BCUT2D eigenvalue weighted by Gasteiger charge is -2.10. The van der Waals surface area contributed by atoms with Crippen LogP contribution in [0.2, 0.25) is 0 Å². The van der Waals surface area contributed by atoms with Gasteiger partial charge in [0.05, 0.1) is 0 Å². The fourth-order valence-electron chi connectivity index (χ4n) is 2.19. The summed E-state index contributed by atoms with van der Waals surface area (Å²) in [6.07, 6.45) is 3.02. The van der Waals surface area contributed by atoms with Gasteiger partial charge in [-0.05, 0) is 36.5 Å². The molecule has 0 heterocycles. The molecule has 2 atom stereocenters. The van der Waals surface area contributed by atoms with Gasteiger partial charge in [-0.3, -0.25) is 0 Å². The molecule has 0 spiro atoms. The standard InChI is InChI=1S/C12H16FN/c1-2-10-8-12(10,14)7-9-4-3-5-11(13)6-9/h3-6,10H,2,7-8,14H2,1H3. The van der Waals surface area contributed by atoms with E-state index in [2.05, 4.69) is 6.92 Å². The first-order valence-corrected chi connectivity index (χ1v) is 5.17. The first kappa shape index (κ1) is 9.66. The molecular formula is C12H16FN. The number of hydrogen-bond donors (Lipinski definition) is 1. The van der Waals surface area contributed by atoms with E-state index in [4.69, 9.17) is 5.73 Å². The van der Waals surface area contributed by atoms with Gasteiger partial charge >= 0.3 is 0 Å². The molecule has 1 saturated carbocycles. The number of halogens is 1. The van der Waals surface area contributed by atoms with Gasteiger partial charge in [-0.15, -0.1) is 0 Å². The van der Waals surface area contributed by atoms with E-state index in [-0.39, 0.29) is 11.4 Å². The van der Waals surface area contributed by atoms with Gasteiger partial charge in [-0.2, -0.15) is 0 Å². The van der Waals surface area contributed by atoms with E-state index in [0.29, 0.717) is 5.92 Å². The van der Waals surface area contributed by atoms with Crippen LogP contribution in [0.1, 0.15) is 25.3 Å². The van der Waals surface area contributed by atoms with Crippen molar-refractivity contribution < 1.29 is 4.39 Å². The molecule has 0 saturated heterocycles. The number of benzene rings is 1. The van der Waals surface area contributed by atoms with Crippen LogP contribution < -0.4 is 5.73 Å². The van der Waals surface area contributed by atoms with Crippen LogP contribution in [0.3, 0.4) is 0 Å². The maximum atomic E-state index is 12.9. The van der Waals surface area contributed by atoms with Crippen molar-refractivity contribution in [3.8, 4) is 0 Å². The van der Waals surface area contributed by atoms with Crippen LogP contribution in [0.4, 0.5) is 4.39 Å². The van der Waals surface area contributed by atoms with E-state index in [1.165, 1.54) is 6.07 Å². The highest BCUT2D eigenvalue weighted by molar-refractivity contribution is 5.23. The summed E-state index contributed by atoms with van der Waals surface area (Å²) in [6, 6.07) is 6.75. The molecule has 1 aromatic carbocycles. The molecule has 0 amide bonds. The average molecular weight is 193 g/mol. The third kappa shape index (κ3) is 1.80. The smallest absolute Gasteiger partial charge is 0.123 e. The lowest BCUT2D eigenvalue weighted by Crippen LogP contribution is -2.27. The van der Waals surface area contributed by atoms with Crippen molar-refractivity contribution >= 4 is 0 Å². The van der Waals surface area contributed by atoms with Crippen LogP contribution in [0.15, 0.2) is 24.3 Å². The molecule has 2 rings (SSSR count). The lowest BCUT2D eigenvalue weighted by atomic mass is 10.0. The molecule has 1 nitrogen and oxygen atoms in total. The van der Waals surface area contributed by atoms with Crippen molar-refractivity contribution in [2.24, 2.45) is 11.7 Å². The van der Waals surface area contributed by atoms with E-state index in [1.54, 1.807) is 12.1 Å².